The van der Waals surface area contributed by atoms with E-state index in [0.29, 0.717) is 0 Å². The van der Waals surface area contributed by atoms with Gasteiger partial charge in [0, 0.05) is 16.7 Å². The normalized spacial score (nSPS) is 11.4. The summed E-state index contributed by atoms with van der Waals surface area (Å²) in [7, 11) is 0. The number of rotatable bonds is 4. The zero-order valence-corrected chi connectivity index (χ0v) is 24.8. The van der Waals surface area contributed by atoms with Crippen molar-refractivity contribution in [2.75, 3.05) is 0 Å². The number of nitrogens with zero attached hydrogens (tertiary/aromatic N) is 2. The van der Waals surface area contributed by atoms with Crippen LogP contribution in [0.4, 0.5) is 0 Å². The molecular formula is C42H30N2. The summed E-state index contributed by atoms with van der Waals surface area (Å²) in [5.74, 6) is 0.720. The summed E-state index contributed by atoms with van der Waals surface area (Å²) in [5, 5.41) is 7.18. The molecule has 8 aromatic rings. The molecule has 0 unspecified atom stereocenters. The van der Waals surface area contributed by atoms with Crippen LogP contribution < -0.4 is 0 Å². The van der Waals surface area contributed by atoms with Crippen molar-refractivity contribution in [3.8, 4) is 45.0 Å². The van der Waals surface area contributed by atoms with Gasteiger partial charge in [0.25, 0.3) is 0 Å². The van der Waals surface area contributed by atoms with Crippen LogP contribution in [0.1, 0.15) is 11.1 Å². The smallest absolute Gasteiger partial charge is 0.160 e. The number of fused-ring (bicyclic) bond motifs is 3. The van der Waals surface area contributed by atoms with Gasteiger partial charge in [-0.25, -0.2) is 9.97 Å². The minimum Gasteiger partial charge on any atom is -0.228 e. The van der Waals surface area contributed by atoms with E-state index in [1.807, 2.05) is 18.2 Å². The van der Waals surface area contributed by atoms with Crippen LogP contribution in [-0.2, 0) is 0 Å². The summed E-state index contributed by atoms with van der Waals surface area (Å²) in [6.45, 7) is 4.35. The Morgan fingerprint density at radius 1 is 0.386 bits per heavy atom. The highest BCUT2D eigenvalue weighted by Crippen LogP contribution is 2.44. The van der Waals surface area contributed by atoms with Crippen LogP contribution in [-0.4, -0.2) is 9.97 Å². The van der Waals surface area contributed by atoms with Gasteiger partial charge >= 0.3 is 0 Å². The van der Waals surface area contributed by atoms with Crippen LogP contribution in [0.3, 0.4) is 0 Å². The first-order valence-corrected chi connectivity index (χ1v) is 15.1. The summed E-state index contributed by atoms with van der Waals surface area (Å²) in [5.41, 5.74) is 10.1. The Balaban J connectivity index is 1.49. The lowest BCUT2D eigenvalue weighted by atomic mass is 9.86. The Bertz CT molecular complexity index is 2270. The average molecular weight is 563 g/mol. The molecule has 0 aliphatic rings. The predicted molar refractivity (Wildman–Crippen MR) is 186 cm³/mol. The predicted octanol–water partition coefficient (Wildman–Crippen LogP) is 11.2. The Kier molecular flexibility index (Phi) is 6.27. The van der Waals surface area contributed by atoms with Crippen molar-refractivity contribution in [1.82, 2.24) is 9.97 Å². The molecule has 0 aliphatic carbocycles. The molecule has 44 heavy (non-hydrogen) atoms. The van der Waals surface area contributed by atoms with Crippen molar-refractivity contribution < 1.29 is 0 Å². The fraction of sp³-hybridized carbons (Fsp3) is 0.0476. The maximum Gasteiger partial charge on any atom is 0.160 e. The number of hydrogen-bond donors (Lipinski definition) is 0. The summed E-state index contributed by atoms with van der Waals surface area (Å²) in [6.07, 6.45) is 0. The SMILES string of the molecule is Cc1cc(C)cc(-c2c3ccccc3c(-c3cc(-c4cccc5ccccc45)nc(-c4ccccc4)n3)c3ccccc23)c1. The Morgan fingerprint density at radius 2 is 0.909 bits per heavy atom. The molecule has 2 nitrogen and oxygen atoms in total. The van der Waals surface area contributed by atoms with Gasteiger partial charge in [0.1, 0.15) is 0 Å². The van der Waals surface area contributed by atoms with Crippen LogP contribution in [0.15, 0.2) is 146 Å². The molecule has 7 aromatic carbocycles. The van der Waals surface area contributed by atoms with E-state index in [9.17, 15) is 0 Å². The van der Waals surface area contributed by atoms with Crippen molar-refractivity contribution in [1.29, 1.82) is 0 Å². The molecule has 1 heterocycles. The zero-order chi connectivity index (χ0) is 29.6. The Labute approximate surface area is 257 Å². The molecular weight excluding hydrogens is 532 g/mol. The van der Waals surface area contributed by atoms with Gasteiger partial charge in [0.2, 0.25) is 0 Å². The van der Waals surface area contributed by atoms with Crippen molar-refractivity contribution in [3.63, 3.8) is 0 Å². The molecule has 0 bridgehead atoms. The van der Waals surface area contributed by atoms with E-state index in [0.717, 1.165) is 33.9 Å². The maximum absolute atomic E-state index is 5.30. The molecule has 8 rings (SSSR count). The van der Waals surface area contributed by atoms with Gasteiger partial charge in [-0.3, -0.25) is 0 Å². The highest BCUT2D eigenvalue weighted by atomic mass is 14.9. The molecule has 0 aliphatic heterocycles. The topological polar surface area (TPSA) is 25.8 Å². The summed E-state index contributed by atoms with van der Waals surface area (Å²) < 4.78 is 0. The zero-order valence-electron chi connectivity index (χ0n) is 24.8. The molecule has 0 saturated heterocycles. The largest absolute Gasteiger partial charge is 0.228 e. The maximum atomic E-state index is 5.30. The van der Waals surface area contributed by atoms with Crippen molar-refractivity contribution in [3.05, 3.63) is 157 Å². The van der Waals surface area contributed by atoms with E-state index in [-0.39, 0.29) is 0 Å². The first-order valence-electron chi connectivity index (χ1n) is 15.1. The lowest BCUT2D eigenvalue weighted by Crippen LogP contribution is -1.98. The van der Waals surface area contributed by atoms with E-state index >= 15 is 0 Å². The lowest BCUT2D eigenvalue weighted by molar-refractivity contribution is 1.19. The van der Waals surface area contributed by atoms with Gasteiger partial charge < -0.3 is 0 Å². The van der Waals surface area contributed by atoms with Gasteiger partial charge in [0.05, 0.1) is 11.4 Å². The van der Waals surface area contributed by atoms with Crippen LogP contribution in [0.5, 0.6) is 0 Å². The minimum absolute atomic E-state index is 0.720. The minimum atomic E-state index is 0.720. The third kappa shape index (κ3) is 4.44. The molecule has 0 N–H and O–H groups in total. The van der Waals surface area contributed by atoms with E-state index in [1.165, 1.54) is 54.6 Å². The molecule has 0 amide bonds. The first kappa shape index (κ1) is 26.1. The second kappa shape index (κ2) is 10.6. The average Bonchev–Trinajstić information content (AvgIpc) is 3.06. The van der Waals surface area contributed by atoms with Gasteiger partial charge in [-0.2, -0.15) is 0 Å². The highest BCUT2D eigenvalue weighted by Gasteiger charge is 2.20. The van der Waals surface area contributed by atoms with Crippen molar-refractivity contribution in [2.24, 2.45) is 0 Å². The van der Waals surface area contributed by atoms with E-state index < -0.39 is 0 Å². The monoisotopic (exact) mass is 562 g/mol. The third-order valence-electron chi connectivity index (χ3n) is 8.52. The van der Waals surface area contributed by atoms with E-state index in [1.54, 1.807) is 0 Å². The van der Waals surface area contributed by atoms with Crippen molar-refractivity contribution in [2.45, 2.75) is 13.8 Å². The van der Waals surface area contributed by atoms with Crippen LogP contribution in [0, 0.1) is 13.8 Å². The molecule has 0 spiro atoms. The van der Waals surface area contributed by atoms with Crippen molar-refractivity contribution >= 4 is 32.3 Å². The highest BCUT2D eigenvalue weighted by molar-refractivity contribution is 6.21. The molecule has 2 heteroatoms. The Morgan fingerprint density at radius 3 is 1.57 bits per heavy atom. The van der Waals surface area contributed by atoms with E-state index in [2.05, 4.69) is 141 Å². The number of aryl methyl sites for hydroxylation is 2. The fourth-order valence-corrected chi connectivity index (χ4v) is 6.71. The van der Waals surface area contributed by atoms with Gasteiger partial charge in [-0.15, -0.1) is 0 Å². The molecule has 0 radical (unpaired) electrons. The van der Waals surface area contributed by atoms with Crippen LogP contribution in [0.25, 0.3) is 77.3 Å². The number of aromatic nitrogens is 2. The molecule has 0 atom stereocenters. The van der Waals surface area contributed by atoms with E-state index in [4.69, 9.17) is 9.97 Å². The first-order chi connectivity index (χ1) is 21.6. The number of hydrogen-bond acceptors (Lipinski definition) is 2. The fourth-order valence-electron chi connectivity index (χ4n) is 6.71. The molecule has 0 fully saturated rings. The van der Waals surface area contributed by atoms with Crippen LogP contribution in [0.2, 0.25) is 0 Å². The second-order valence-electron chi connectivity index (χ2n) is 11.6. The number of benzene rings is 7. The second-order valence-corrected chi connectivity index (χ2v) is 11.6. The summed E-state index contributed by atoms with van der Waals surface area (Å²) >= 11 is 0. The standard InChI is InChI=1S/C42H30N2/c1-27-23-28(2)25-31(24-27)40-34-18-8-10-20-36(34)41(37-21-11-9-19-35(37)40)39-26-38(43-42(44-39)30-14-4-3-5-15-30)33-22-12-16-29-13-6-7-17-32(29)33/h3-26H,1-2H3. The van der Waals surface area contributed by atoms with Gasteiger partial charge in [0.15, 0.2) is 5.82 Å². The lowest BCUT2D eigenvalue weighted by Gasteiger charge is -2.19. The molecule has 0 saturated carbocycles. The Hall–Kier alpha value is -5.60. The van der Waals surface area contributed by atoms with Crippen LogP contribution >= 0.6 is 0 Å². The molecule has 1 aromatic heterocycles. The summed E-state index contributed by atoms with van der Waals surface area (Å²) in [4.78, 5) is 10.5. The van der Waals surface area contributed by atoms with Gasteiger partial charge in [-0.05, 0) is 63.4 Å². The quantitative estimate of drug-likeness (QED) is 0.199. The van der Waals surface area contributed by atoms with Gasteiger partial charge in [-0.1, -0.05) is 151 Å². The molecule has 208 valence electrons. The summed E-state index contributed by atoms with van der Waals surface area (Å²) in [6, 6.07) is 51.8. The third-order valence-corrected chi connectivity index (χ3v) is 8.52.